The molecular weight excluding hydrogens is 164 g/mol. The number of rotatable bonds is 4. The fourth-order valence-electron chi connectivity index (χ4n) is 2.12. The maximum atomic E-state index is 10.7. The SMILES string of the molecule is CC(CC(N)=O)CC1CCCNC1. The zero-order valence-electron chi connectivity index (χ0n) is 8.38. The van der Waals surface area contributed by atoms with Gasteiger partial charge >= 0.3 is 0 Å². The summed E-state index contributed by atoms with van der Waals surface area (Å²) < 4.78 is 0. The van der Waals surface area contributed by atoms with Gasteiger partial charge in [-0.05, 0) is 44.2 Å². The van der Waals surface area contributed by atoms with E-state index in [1.54, 1.807) is 0 Å². The van der Waals surface area contributed by atoms with Gasteiger partial charge in [-0.25, -0.2) is 0 Å². The zero-order valence-corrected chi connectivity index (χ0v) is 8.38. The van der Waals surface area contributed by atoms with Crippen molar-refractivity contribution in [2.24, 2.45) is 17.6 Å². The molecule has 13 heavy (non-hydrogen) atoms. The molecule has 1 saturated heterocycles. The van der Waals surface area contributed by atoms with Crippen LogP contribution < -0.4 is 11.1 Å². The molecule has 76 valence electrons. The smallest absolute Gasteiger partial charge is 0.217 e. The van der Waals surface area contributed by atoms with Crippen LogP contribution in [0.5, 0.6) is 0 Å². The lowest BCUT2D eigenvalue weighted by Crippen LogP contribution is -2.31. The van der Waals surface area contributed by atoms with E-state index in [0.717, 1.165) is 25.4 Å². The predicted molar refractivity (Wildman–Crippen MR) is 53.2 cm³/mol. The van der Waals surface area contributed by atoms with E-state index >= 15 is 0 Å². The lowest BCUT2D eigenvalue weighted by Gasteiger charge is -2.24. The summed E-state index contributed by atoms with van der Waals surface area (Å²) in [7, 11) is 0. The lowest BCUT2D eigenvalue weighted by atomic mass is 9.88. The van der Waals surface area contributed by atoms with Gasteiger partial charge < -0.3 is 11.1 Å². The molecule has 1 aliphatic rings. The molecule has 0 bridgehead atoms. The molecule has 0 aromatic heterocycles. The second-order valence-electron chi connectivity index (χ2n) is 4.22. The van der Waals surface area contributed by atoms with E-state index in [0.29, 0.717) is 12.3 Å². The van der Waals surface area contributed by atoms with Crippen LogP contribution in [0.1, 0.15) is 32.6 Å². The first-order valence-corrected chi connectivity index (χ1v) is 5.17. The van der Waals surface area contributed by atoms with Crippen molar-refractivity contribution in [2.45, 2.75) is 32.6 Å². The number of piperidine rings is 1. The van der Waals surface area contributed by atoms with Gasteiger partial charge in [0.2, 0.25) is 5.91 Å². The van der Waals surface area contributed by atoms with Crippen LogP contribution in [0.15, 0.2) is 0 Å². The first kappa shape index (κ1) is 10.5. The number of amides is 1. The standard InChI is InChI=1S/C10H20N2O/c1-8(6-10(11)13)5-9-3-2-4-12-7-9/h8-9,12H,2-7H2,1H3,(H2,11,13). The molecule has 2 unspecified atom stereocenters. The Morgan fingerprint density at radius 2 is 2.46 bits per heavy atom. The van der Waals surface area contributed by atoms with Gasteiger partial charge in [-0.2, -0.15) is 0 Å². The Hall–Kier alpha value is -0.570. The Bertz CT molecular complexity index is 164. The number of primary amides is 1. The van der Waals surface area contributed by atoms with Crippen molar-refractivity contribution in [3.05, 3.63) is 0 Å². The highest BCUT2D eigenvalue weighted by molar-refractivity contribution is 5.73. The Labute approximate surface area is 80.1 Å². The Balaban J connectivity index is 2.18. The Kier molecular flexibility index (Phi) is 4.22. The third-order valence-corrected chi connectivity index (χ3v) is 2.68. The molecule has 0 radical (unpaired) electrons. The van der Waals surface area contributed by atoms with Gasteiger partial charge in [0.1, 0.15) is 0 Å². The van der Waals surface area contributed by atoms with Crippen LogP contribution in [0.3, 0.4) is 0 Å². The third kappa shape index (κ3) is 4.27. The highest BCUT2D eigenvalue weighted by Crippen LogP contribution is 2.20. The van der Waals surface area contributed by atoms with E-state index in [9.17, 15) is 4.79 Å². The normalized spacial score (nSPS) is 25.5. The number of nitrogens with two attached hydrogens (primary N) is 1. The molecule has 1 fully saturated rings. The van der Waals surface area contributed by atoms with Crippen LogP contribution >= 0.6 is 0 Å². The van der Waals surface area contributed by atoms with Crippen molar-refractivity contribution in [1.29, 1.82) is 0 Å². The number of hydrogen-bond acceptors (Lipinski definition) is 2. The van der Waals surface area contributed by atoms with Gasteiger partial charge in [0.05, 0.1) is 0 Å². The minimum atomic E-state index is -0.170. The Morgan fingerprint density at radius 3 is 3.00 bits per heavy atom. The summed E-state index contributed by atoms with van der Waals surface area (Å²) in [6, 6.07) is 0. The van der Waals surface area contributed by atoms with Gasteiger partial charge in [0.15, 0.2) is 0 Å². The van der Waals surface area contributed by atoms with Gasteiger partial charge in [0.25, 0.3) is 0 Å². The number of carbonyl (C=O) groups excluding carboxylic acids is 1. The summed E-state index contributed by atoms with van der Waals surface area (Å²) in [5.74, 6) is 1.03. The van der Waals surface area contributed by atoms with Crippen molar-refractivity contribution in [2.75, 3.05) is 13.1 Å². The fourth-order valence-corrected chi connectivity index (χ4v) is 2.12. The average Bonchev–Trinajstić information content (AvgIpc) is 2.04. The van der Waals surface area contributed by atoms with Crippen LogP contribution in [0.4, 0.5) is 0 Å². The van der Waals surface area contributed by atoms with Crippen LogP contribution in [0.25, 0.3) is 0 Å². The first-order valence-electron chi connectivity index (χ1n) is 5.17. The van der Waals surface area contributed by atoms with Gasteiger partial charge in [-0.1, -0.05) is 6.92 Å². The quantitative estimate of drug-likeness (QED) is 0.681. The van der Waals surface area contributed by atoms with Crippen molar-refractivity contribution in [3.8, 4) is 0 Å². The maximum Gasteiger partial charge on any atom is 0.217 e. The van der Waals surface area contributed by atoms with Crippen LogP contribution in [-0.4, -0.2) is 19.0 Å². The van der Waals surface area contributed by atoms with E-state index in [1.165, 1.54) is 12.8 Å². The zero-order chi connectivity index (χ0) is 9.68. The summed E-state index contributed by atoms with van der Waals surface area (Å²) in [6.07, 6.45) is 4.25. The molecule has 1 aliphatic heterocycles. The molecule has 1 heterocycles. The summed E-state index contributed by atoms with van der Waals surface area (Å²) in [5.41, 5.74) is 5.14. The van der Waals surface area contributed by atoms with Crippen molar-refractivity contribution in [1.82, 2.24) is 5.32 Å². The topological polar surface area (TPSA) is 55.1 Å². The molecule has 0 aliphatic carbocycles. The molecule has 0 spiro atoms. The van der Waals surface area contributed by atoms with Gasteiger partial charge in [-0.15, -0.1) is 0 Å². The van der Waals surface area contributed by atoms with Crippen molar-refractivity contribution in [3.63, 3.8) is 0 Å². The summed E-state index contributed by atoms with van der Waals surface area (Å²) in [6.45, 7) is 4.38. The summed E-state index contributed by atoms with van der Waals surface area (Å²) >= 11 is 0. The fraction of sp³-hybridized carbons (Fsp3) is 0.900. The highest BCUT2D eigenvalue weighted by atomic mass is 16.1. The largest absolute Gasteiger partial charge is 0.370 e. The molecule has 0 aromatic carbocycles. The van der Waals surface area contributed by atoms with E-state index in [4.69, 9.17) is 5.73 Å². The monoisotopic (exact) mass is 184 g/mol. The summed E-state index contributed by atoms with van der Waals surface area (Å²) in [4.78, 5) is 10.7. The molecule has 1 rings (SSSR count). The average molecular weight is 184 g/mol. The van der Waals surface area contributed by atoms with Crippen LogP contribution in [0.2, 0.25) is 0 Å². The highest BCUT2D eigenvalue weighted by Gasteiger charge is 2.16. The van der Waals surface area contributed by atoms with Crippen molar-refractivity contribution < 1.29 is 4.79 Å². The Morgan fingerprint density at radius 1 is 1.69 bits per heavy atom. The number of carbonyl (C=O) groups is 1. The first-order chi connectivity index (χ1) is 6.18. The van der Waals surface area contributed by atoms with E-state index in [-0.39, 0.29) is 5.91 Å². The number of nitrogens with one attached hydrogen (secondary N) is 1. The molecule has 3 nitrogen and oxygen atoms in total. The maximum absolute atomic E-state index is 10.7. The van der Waals surface area contributed by atoms with E-state index in [1.807, 2.05) is 0 Å². The minimum Gasteiger partial charge on any atom is -0.370 e. The van der Waals surface area contributed by atoms with Crippen LogP contribution in [-0.2, 0) is 4.79 Å². The summed E-state index contributed by atoms with van der Waals surface area (Å²) in [5, 5.41) is 3.38. The van der Waals surface area contributed by atoms with E-state index in [2.05, 4.69) is 12.2 Å². The molecule has 2 atom stereocenters. The molecule has 0 aromatic rings. The second kappa shape index (κ2) is 5.22. The molecular formula is C10H20N2O. The van der Waals surface area contributed by atoms with Gasteiger partial charge in [0, 0.05) is 6.42 Å². The minimum absolute atomic E-state index is 0.170. The van der Waals surface area contributed by atoms with Crippen molar-refractivity contribution >= 4 is 5.91 Å². The molecule has 3 heteroatoms. The molecule has 3 N–H and O–H groups in total. The number of hydrogen-bond donors (Lipinski definition) is 2. The second-order valence-corrected chi connectivity index (χ2v) is 4.22. The third-order valence-electron chi connectivity index (χ3n) is 2.68. The lowest BCUT2D eigenvalue weighted by molar-refractivity contribution is -0.118. The van der Waals surface area contributed by atoms with E-state index < -0.39 is 0 Å². The molecule has 0 saturated carbocycles. The molecule has 1 amide bonds. The van der Waals surface area contributed by atoms with Gasteiger partial charge in [-0.3, -0.25) is 4.79 Å². The predicted octanol–water partition coefficient (Wildman–Crippen LogP) is 0.888. The van der Waals surface area contributed by atoms with Crippen LogP contribution in [0, 0.1) is 11.8 Å².